The zero-order valence-corrected chi connectivity index (χ0v) is 20.0. The summed E-state index contributed by atoms with van der Waals surface area (Å²) in [6.07, 6.45) is 7.32. The van der Waals surface area contributed by atoms with Crippen molar-refractivity contribution in [2.75, 3.05) is 32.7 Å². The quantitative estimate of drug-likeness (QED) is 0.450. The monoisotopic (exact) mass is 434 g/mol. The van der Waals surface area contributed by atoms with Crippen LogP contribution in [0.5, 0.6) is 0 Å². The van der Waals surface area contributed by atoms with E-state index in [1.54, 1.807) is 13.8 Å². The van der Waals surface area contributed by atoms with Crippen molar-refractivity contribution in [3.63, 3.8) is 0 Å². The van der Waals surface area contributed by atoms with Gasteiger partial charge in [0.15, 0.2) is 0 Å². The van der Waals surface area contributed by atoms with Gasteiger partial charge >= 0.3 is 0 Å². The van der Waals surface area contributed by atoms with Crippen molar-refractivity contribution in [2.24, 2.45) is 5.92 Å². The van der Waals surface area contributed by atoms with Gasteiger partial charge in [-0.3, -0.25) is 0 Å². The summed E-state index contributed by atoms with van der Waals surface area (Å²) in [4.78, 5) is 4.69. The molecule has 2 aliphatic rings. The molecule has 0 N–H and O–H groups in total. The minimum atomic E-state index is -1.09. The molecular formula is C29H39FN2. The summed E-state index contributed by atoms with van der Waals surface area (Å²) < 4.78 is 13.9. The number of benzene rings is 2. The lowest BCUT2D eigenvalue weighted by Crippen LogP contribution is -2.41. The number of rotatable bonds is 8. The minimum Gasteiger partial charge on any atom is -0.372 e. The smallest absolute Gasteiger partial charge is 0.118 e. The van der Waals surface area contributed by atoms with Crippen molar-refractivity contribution in [3.05, 3.63) is 66.2 Å². The number of likely N-dealkylation sites (tertiary alicyclic amines) is 2. The molecule has 0 aliphatic carbocycles. The molecule has 2 fully saturated rings. The Balaban J connectivity index is 1.26. The van der Waals surface area contributed by atoms with Crippen molar-refractivity contribution in [3.8, 4) is 11.1 Å². The highest BCUT2D eigenvalue weighted by atomic mass is 19.1. The van der Waals surface area contributed by atoms with Gasteiger partial charge in [0.1, 0.15) is 5.67 Å². The summed E-state index contributed by atoms with van der Waals surface area (Å²) in [5.74, 6) is 0.768. The molecule has 2 aromatic rings. The molecular weight excluding hydrogens is 395 g/mol. The Bertz CT molecular complexity index is 865. The zero-order chi connectivity index (χ0) is 22.6. The van der Waals surface area contributed by atoms with Crippen LogP contribution in [-0.2, 0) is 6.42 Å². The third kappa shape index (κ3) is 6.22. The largest absolute Gasteiger partial charge is 0.372 e. The average molecular weight is 435 g/mol. The Morgan fingerprint density at radius 2 is 1.47 bits per heavy atom. The Morgan fingerprint density at radius 1 is 0.906 bits per heavy atom. The van der Waals surface area contributed by atoms with Crippen LogP contribution < -0.4 is 0 Å². The topological polar surface area (TPSA) is 6.48 Å². The molecule has 0 saturated carbocycles. The van der Waals surface area contributed by atoms with E-state index in [1.165, 1.54) is 54.4 Å². The SMILES string of the molecule is C=C(c1ccc(-c2ccc(CCC3CCN(CC(C)(C)F)CC3)cc2)cc1)N1CCCC1. The Morgan fingerprint density at radius 3 is 2.03 bits per heavy atom. The van der Waals surface area contributed by atoms with E-state index in [2.05, 4.69) is 64.9 Å². The van der Waals surface area contributed by atoms with E-state index in [1.807, 2.05) is 0 Å². The van der Waals surface area contributed by atoms with Gasteiger partial charge in [-0.2, -0.15) is 0 Å². The van der Waals surface area contributed by atoms with Crippen molar-refractivity contribution in [2.45, 2.75) is 58.0 Å². The van der Waals surface area contributed by atoms with Gasteiger partial charge in [-0.15, -0.1) is 0 Å². The first kappa shape index (κ1) is 23.0. The van der Waals surface area contributed by atoms with E-state index in [0.29, 0.717) is 6.54 Å². The molecule has 2 nitrogen and oxygen atoms in total. The fourth-order valence-corrected chi connectivity index (χ4v) is 5.22. The van der Waals surface area contributed by atoms with Gasteiger partial charge in [-0.1, -0.05) is 55.1 Å². The van der Waals surface area contributed by atoms with Crippen LogP contribution in [0.1, 0.15) is 57.1 Å². The van der Waals surface area contributed by atoms with E-state index < -0.39 is 5.67 Å². The first-order chi connectivity index (χ1) is 15.4. The van der Waals surface area contributed by atoms with Crippen molar-refractivity contribution < 1.29 is 4.39 Å². The lowest BCUT2D eigenvalue weighted by Gasteiger charge is -2.34. The highest BCUT2D eigenvalue weighted by Crippen LogP contribution is 2.27. The summed E-state index contributed by atoms with van der Waals surface area (Å²) in [5.41, 5.74) is 5.25. The highest BCUT2D eigenvalue weighted by Gasteiger charge is 2.25. The van der Waals surface area contributed by atoms with E-state index in [0.717, 1.165) is 44.2 Å². The number of hydrogen-bond donors (Lipinski definition) is 0. The minimum absolute atomic E-state index is 0.564. The molecule has 0 amide bonds. The Hall–Kier alpha value is -2.13. The highest BCUT2D eigenvalue weighted by molar-refractivity contribution is 5.69. The molecule has 2 heterocycles. The fraction of sp³-hybridized carbons (Fsp3) is 0.517. The van der Waals surface area contributed by atoms with Crippen molar-refractivity contribution >= 4 is 5.70 Å². The first-order valence-corrected chi connectivity index (χ1v) is 12.4. The van der Waals surface area contributed by atoms with Crippen LogP contribution >= 0.6 is 0 Å². The van der Waals surface area contributed by atoms with Gasteiger partial charge < -0.3 is 9.80 Å². The predicted molar refractivity (Wildman–Crippen MR) is 134 cm³/mol. The molecule has 0 aromatic heterocycles. The molecule has 32 heavy (non-hydrogen) atoms. The molecule has 0 bridgehead atoms. The second kappa shape index (κ2) is 10.2. The molecule has 0 radical (unpaired) electrons. The molecule has 172 valence electrons. The number of aryl methyl sites for hydroxylation is 1. The number of nitrogens with zero attached hydrogens (tertiary/aromatic N) is 2. The van der Waals surface area contributed by atoms with Crippen molar-refractivity contribution in [1.29, 1.82) is 0 Å². The zero-order valence-electron chi connectivity index (χ0n) is 20.0. The van der Waals surface area contributed by atoms with Gasteiger partial charge in [0, 0.05) is 25.3 Å². The third-order valence-electron chi connectivity index (χ3n) is 7.14. The summed E-state index contributed by atoms with van der Waals surface area (Å²) in [6.45, 7) is 12.6. The lowest BCUT2D eigenvalue weighted by molar-refractivity contribution is 0.0943. The van der Waals surface area contributed by atoms with Gasteiger partial charge in [-0.25, -0.2) is 4.39 Å². The van der Waals surface area contributed by atoms with E-state index in [-0.39, 0.29) is 0 Å². The van der Waals surface area contributed by atoms with Crippen LogP contribution in [0, 0.1) is 5.92 Å². The standard InChI is InChI=1S/C29H39FN2/c1-23(32-18-4-5-19-32)26-12-14-28(15-13-26)27-10-8-24(9-11-27)6-7-25-16-20-31(21-17-25)22-29(2,3)30/h8-15,25H,1,4-7,16-22H2,2-3H3. The van der Waals surface area contributed by atoms with Crippen LogP contribution in [0.2, 0.25) is 0 Å². The lowest BCUT2D eigenvalue weighted by atomic mass is 9.90. The number of piperidine rings is 1. The average Bonchev–Trinajstić information content (AvgIpc) is 3.33. The van der Waals surface area contributed by atoms with Crippen LogP contribution in [0.3, 0.4) is 0 Å². The normalized spacial score (nSPS) is 18.3. The van der Waals surface area contributed by atoms with Crippen LogP contribution in [0.15, 0.2) is 55.1 Å². The predicted octanol–water partition coefficient (Wildman–Crippen LogP) is 6.81. The second-order valence-electron chi connectivity index (χ2n) is 10.4. The number of alkyl halides is 1. The molecule has 0 spiro atoms. The summed E-state index contributed by atoms with van der Waals surface area (Å²) in [5, 5.41) is 0. The van der Waals surface area contributed by atoms with E-state index in [9.17, 15) is 4.39 Å². The van der Waals surface area contributed by atoms with Crippen LogP contribution in [0.25, 0.3) is 16.8 Å². The maximum atomic E-state index is 13.9. The molecule has 4 rings (SSSR count). The molecule has 2 saturated heterocycles. The third-order valence-corrected chi connectivity index (χ3v) is 7.14. The maximum absolute atomic E-state index is 13.9. The van der Waals surface area contributed by atoms with Crippen LogP contribution in [0.4, 0.5) is 4.39 Å². The molecule has 2 aliphatic heterocycles. The second-order valence-corrected chi connectivity index (χ2v) is 10.4. The van der Waals surface area contributed by atoms with E-state index >= 15 is 0 Å². The van der Waals surface area contributed by atoms with Gasteiger partial charge in [-0.05, 0) is 93.6 Å². The molecule has 2 aromatic carbocycles. The van der Waals surface area contributed by atoms with Crippen molar-refractivity contribution in [1.82, 2.24) is 9.80 Å². The first-order valence-electron chi connectivity index (χ1n) is 12.4. The summed E-state index contributed by atoms with van der Waals surface area (Å²) in [7, 11) is 0. The van der Waals surface area contributed by atoms with Gasteiger partial charge in [0.2, 0.25) is 0 Å². The Labute approximate surface area is 194 Å². The van der Waals surface area contributed by atoms with E-state index in [4.69, 9.17) is 0 Å². The molecule has 3 heteroatoms. The number of hydrogen-bond acceptors (Lipinski definition) is 2. The fourth-order valence-electron chi connectivity index (χ4n) is 5.22. The molecule has 0 atom stereocenters. The molecule has 0 unspecified atom stereocenters. The summed E-state index contributed by atoms with van der Waals surface area (Å²) >= 11 is 0. The van der Waals surface area contributed by atoms with Gasteiger partial charge in [0.25, 0.3) is 0 Å². The number of halogens is 1. The van der Waals surface area contributed by atoms with Crippen LogP contribution in [-0.4, -0.2) is 48.2 Å². The van der Waals surface area contributed by atoms with Gasteiger partial charge in [0.05, 0.1) is 0 Å². The Kier molecular flexibility index (Phi) is 7.35. The summed E-state index contributed by atoms with van der Waals surface area (Å²) in [6, 6.07) is 17.9. The maximum Gasteiger partial charge on any atom is 0.118 e.